The van der Waals surface area contributed by atoms with Crippen molar-refractivity contribution >= 4 is 22.5 Å². The van der Waals surface area contributed by atoms with Crippen LogP contribution in [0, 0.1) is 5.92 Å². The molecule has 4 heteroatoms. The average Bonchev–Trinajstić information content (AvgIpc) is 3.15. The van der Waals surface area contributed by atoms with Gasteiger partial charge in [-0.05, 0) is 36.5 Å². The number of ether oxygens (including phenoxy) is 1. The lowest BCUT2D eigenvalue weighted by Crippen LogP contribution is -2.19. The minimum absolute atomic E-state index is 0.766. The smallest absolute Gasteiger partial charge is 0.0591 e. The predicted octanol–water partition coefficient (Wildman–Crippen LogP) is 3.34. The molecule has 19 heavy (non-hydrogen) atoms. The van der Waals surface area contributed by atoms with E-state index in [1.54, 1.807) is 0 Å². The Labute approximate surface area is 118 Å². The van der Waals surface area contributed by atoms with Crippen molar-refractivity contribution in [1.29, 1.82) is 0 Å². The van der Waals surface area contributed by atoms with E-state index in [1.165, 1.54) is 23.8 Å². The second-order valence-electron chi connectivity index (χ2n) is 5.20. The van der Waals surface area contributed by atoms with Gasteiger partial charge >= 0.3 is 0 Å². The van der Waals surface area contributed by atoms with Gasteiger partial charge in [0.25, 0.3) is 0 Å². The molecular weight excluding hydrogens is 260 g/mol. The Bertz CT molecular complexity index is 548. The molecule has 0 spiro atoms. The average molecular weight is 279 g/mol. The number of aromatic amines is 1. The van der Waals surface area contributed by atoms with E-state index in [2.05, 4.69) is 16.4 Å². The summed E-state index contributed by atoms with van der Waals surface area (Å²) >= 11 is 5.97. The van der Waals surface area contributed by atoms with Gasteiger partial charge in [0.1, 0.15) is 0 Å². The predicted molar refractivity (Wildman–Crippen MR) is 78.6 cm³/mol. The van der Waals surface area contributed by atoms with Crippen LogP contribution in [-0.2, 0) is 11.3 Å². The van der Waals surface area contributed by atoms with E-state index in [4.69, 9.17) is 16.3 Å². The van der Waals surface area contributed by atoms with E-state index in [0.29, 0.717) is 0 Å². The monoisotopic (exact) mass is 278 g/mol. The van der Waals surface area contributed by atoms with Gasteiger partial charge in [-0.25, -0.2) is 0 Å². The van der Waals surface area contributed by atoms with E-state index < -0.39 is 0 Å². The molecule has 1 aromatic heterocycles. The molecule has 0 radical (unpaired) electrons. The maximum atomic E-state index is 5.97. The molecule has 1 heterocycles. The van der Waals surface area contributed by atoms with Crippen molar-refractivity contribution in [2.24, 2.45) is 5.92 Å². The van der Waals surface area contributed by atoms with Gasteiger partial charge in [-0.1, -0.05) is 17.7 Å². The van der Waals surface area contributed by atoms with E-state index in [9.17, 15) is 0 Å². The van der Waals surface area contributed by atoms with Gasteiger partial charge < -0.3 is 15.0 Å². The van der Waals surface area contributed by atoms with Crippen LogP contribution < -0.4 is 5.32 Å². The van der Waals surface area contributed by atoms with Crippen LogP contribution in [0.1, 0.15) is 18.4 Å². The van der Waals surface area contributed by atoms with Crippen LogP contribution in [0.15, 0.2) is 24.4 Å². The first-order valence-corrected chi connectivity index (χ1v) is 7.25. The molecule has 1 aliphatic rings. The normalized spacial score (nSPS) is 15.2. The van der Waals surface area contributed by atoms with Crippen molar-refractivity contribution in [3.63, 3.8) is 0 Å². The molecule has 1 aliphatic carbocycles. The summed E-state index contributed by atoms with van der Waals surface area (Å²) in [5.74, 6) is 0.846. The van der Waals surface area contributed by atoms with Crippen LogP contribution in [0.3, 0.4) is 0 Å². The maximum Gasteiger partial charge on any atom is 0.0591 e. The minimum Gasteiger partial charge on any atom is -0.380 e. The Morgan fingerprint density at radius 2 is 2.26 bits per heavy atom. The first kappa shape index (κ1) is 13.0. The van der Waals surface area contributed by atoms with Crippen LogP contribution in [0.2, 0.25) is 5.02 Å². The van der Waals surface area contributed by atoms with Crippen LogP contribution >= 0.6 is 11.6 Å². The van der Waals surface area contributed by atoms with Crippen molar-refractivity contribution in [3.05, 3.63) is 35.0 Å². The highest BCUT2D eigenvalue weighted by molar-refractivity contribution is 6.31. The Morgan fingerprint density at radius 3 is 3.11 bits per heavy atom. The summed E-state index contributed by atoms with van der Waals surface area (Å²) in [4.78, 5) is 3.25. The molecule has 0 amide bonds. The minimum atomic E-state index is 0.766. The third-order valence-electron chi connectivity index (χ3n) is 3.52. The zero-order chi connectivity index (χ0) is 13.1. The summed E-state index contributed by atoms with van der Waals surface area (Å²) in [6, 6.07) is 5.95. The number of nitrogens with one attached hydrogen (secondary N) is 2. The third kappa shape index (κ3) is 3.50. The highest BCUT2D eigenvalue weighted by Gasteiger charge is 2.20. The first-order valence-electron chi connectivity index (χ1n) is 6.87. The van der Waals surface area contributed by atoms with Crippen molar-refractivity contribution in [2.75, 3.05) is 19.8 Å². The van der Waals surface area contributed by atoms with Crippen molar-refractivity contribution < 1.29 is 4.74 Å². The molecule has 2 aromatic rings. The summed E-state index contributed by atoms with van der Waals surface area (Å²) < 4.78 is 5.59. The number of aromatic nitrogens is 1. The van der Waals surface area contributed by atoms with Crippen molar-refractivity contribution in [1.82, 2.24) is 10.3 Å². The highest BCUT2D eigenvalue weighted by atomic mass is 35.5. The molecule has 2 N–H and O–H groups in total. The fraction of sp³-hybridized carbons (Fsp3) is 0.467. The molecule has 1 fully saturated rings. The number of hydrogen-bond acceptors (Lipinski definition) is 2. The molecular formula is C15H19ClN2O. The summed E-state index contributed by atoms with van der Waals surface area (Å²) in [5, 5.41) is 5.41. The molecule has 0 aliphatic heterocycles. The summed E-state index contributed by atoms with van der Waals surface area (Å²) in [6.45, 7) is 3.49. The lowest BCUT2D eigenvalue weighted by Gasteiger charge is -2.05. The second-order valence-corrected chi connectivity index (χ2v) is 5.64. The Hall–Kier alpha value is -1.03. The van der Waals surface area contributed by atoms with Gasteiger partial charge in [-0.3, -0.25) is 0 Å². The standard InChI is InChI=1S/C15H19ClN2O/c16-13-3-4-14-12(9-18-15(14)7-13)8-17-5-6-19-10-11-1-2-11/h3-4,7,9,11,17-18H,1-2,5-6,8,10H2. The topological polar surface area (TPSA) is 37.0 Å². The number of rotatable bonds is 7. The van der Waals surface area contributed by atoms with E-state index >= 15 is 0 Å². The Morgan fingerprint density at radius 1 is 1.37 bits per heavy atom. The van der Waals surface area contributed by atoms with Gasteiger partial charge in [-0.2, -0.15) is 0 Å². The molecule has 1 saturated carbocycles. The molecule has 0 bridgehead atoms. The highest BCUT2D eigenvalue weighted by Crippen LogP contribution is 2.28. The molecule has 1 aromatic carbocycles. The van der Waals surface area contributed by atoms with Gasteiger partial charge in [0.2, 0.25) is 0 Å². The van der Waals surface area contributed by atoms with E-state index in [1.807, 2.05) is 18.3 Å². The molecule has 3 nitrogen and oxygen atoms in total. The summed E-state index contributed by atoms with van der Waals surface area (Å²) in [5.41, 5.74) is 2.36. The molecule has 3 rings (SSSR count). The van der Waals surface area contributed by atoms with Gasteiger partial charge in [0.05, 0.1) is 6.61 Å². The summed E-state index contributed by atoms with van der Waals surface area (Å²) in [7, 11) is 0. The zero-order valence-electron chi connectivity index (χ0n) is 10.9. The van der Waals surface area contributed by atoms with Crippen LogP contribution in [0.4, 0.5) is 0 Å². The van der Waals surface area contributed by atoms with Crippen LogP contribution in [0.5, 0.6) is 0 Å². The molecule has 0 atom stereocenters. The number of benzene rings is 1. The fourth-order valence-corrected chi connectivity index (χ4v) is 2.38. The Balaban J connectivity index is 1.45. The Kier molecular flexibility index (Phi) is 4.06. The fourth-order valence-electron chi connectivity index (χ4n) is 2.21. The lowest BCUT2D eigenvalue weighted by molar-refractivity contribution is 0.126. The quantitative estimate of drug-likeness (QED) is 0.762. The van der Waals surface area contributed by atoms with Crippen LogP contribution in [-0.4, -0.2) is 24.7 Å². The van der Waals surface area contributed by atoms with E-state index in [-0.39, 0.29) is 0 Å². The van der Waals surface area contributed by atoms with E-state index in [0.717, 1.165) is 42.8 Å². The van der Waals surface area contributed by atoms with Crippen molar-refractivity contribution in [2.45, 2.75) is 19.4 Å². The van der Waals surface area contributed by atoms with Gasteiger partial charge in [0.15, 0.2) is 0 Å². The van der Waals surface area contributed by atoms with Crippen molar-refractivity contribution in [3.8, 4) is 0 Å². The molecule has 0 saturated heterocycles. The van der Waals surface area contributed by atoms with Gasteiger partial charge in [0, 0.05) is 41.8 Å². The molecule has 102 valence electrons. The zero-order valence-corrected chi connectivity index (χ0v) is 11.7. The first-order chi connectivity index (χ1) is 9.33. The summed E-state index contributed by atoms with van der Waals surface area (Å²) in [6.07, 6.45) is 4.75. The van der Waals surface area contributed by atoms with Crippen LogP contribution in [0.25, 0.3) is 10.9 Å². The largest absolute Gasteiger partial charge is 0.380 e. The second kappa shape index (κ2) is 5.95. The number of halogens is 1. The maximum absolute atomic E-state index is 5.97. The SMILES string of the molecule is Clc1ccc2c(CNCCOCC3CC3)c[nH]c2c1. The lowest BCUT2D eigenvalue weighted by atomic mass is 10.2. The third-order valence-corrected chi connectivity index (χ3v) is 3.75. The molecule has 0 unspecified atom stereocenters. The number of H-pyrrole nitrogens is 1. The number of fused-ring (bicyclic) bond motifs is 1. The van der Waals surface area contributed by atoms with Gasteiger partial charge in [-0.15, -0.1) is 0 Å². The number of hydrogen-bond donors (Lipinski definition) is 2.